The van der Waals surface area contributed by atoms with E-state index in [1.54, 1.807) is 0 Å². The minimum Gasteiger partial charge on any atom is -0.342 e. The van der Waals surface area contributed by atoms with Crippen LogP contribution in [-0.4, -0.2) is 28.9 Å². The molecule has 1 aromatic rings. The number of aromatic nitrogens is 1. The number of halogens is 1. The van der Waals surface area contributed by atoms with E-state index in [1.807, 2.05) is 44.7 Å². The van der Waals surface area contributed by atoms with Gasteiger partial charge in [-0.1, -0.05) is 32.4 Å². The van der Waals surface area contributed by atoms with Gasteiger partial charge in [0.1, 0.15) is 0 Å². The Balaban J connectivity index is 2.14. The van der Waals surface area contributed by atoms with Crippen molar-refractivity contribution in [1.29, 1.82) is 0 Å². The van der Waals surface area contributed by atoms with E-state index in [9.17, 15) is 4.79 Å². The maximum atomic E-state index is 12.4. The third kappa shape index (κ3) is 3.32. The van der Waals surface area contributed by atoms with Gasteiger partial charge in [-0.3, -0.25) is 9.78 Å². The predicted octanol–water partition coefficient (Wildman–Crippen LogP) is 3.80. The quantitative estimate of drug-likeness (QED) is 0.789. The van der Waals surface area contributed by atoms with Crippen molar-refractivity contribution in [3.05, 3.63) is 28.5 Å². The zero-order chi connectivity index (χ0) is 14.9. The highest BCUT2D eigenvalue weighted by Crippen LogP contribution is 2.29. The molecule has 0 bridgehead atoms. The third-order valence-electron chi connectivity index (χ3n) is 3.81. The summed E-state index contributed by atoms with van der Waals surface area (Å²) in [6, 6.07) is 3.90. The Morgan fingerprint density at radius 1 is 1.40 bits per heavy atom. The van der Waals surface area contributed by atoms with Gasteiger partial charge in [0.05, 0.1) is 10.7 Å². The van der Waals surface area contributed by atoms with Crippen LogP contribution in [0, 0.1) is 12.3 Å². The second kappa shape index (κ2) is 5.72. The molecule has 2 rings (SSSR count). The van der Waals surface area contributed by atoms with E-state index in [0.29, 0.717) is 10.9 Å². The van der Waals surface area contributed by atoms with Crippen LogP contribution in [0.2, 0.25) is 5.02 Å². The lowest BCUT2D eigenvalue weighted by molar-refractivity contribution is -0.140. The summed E-state index contributed by atoms with van der Waals surface area (Å²) >= 11 is 6.03. The fourth-order valence-corrected chi connectivity index (χ4v) is 2.77. The summed E-state index contributed by atoms with van der Waals surface area (Å²) in [5, 5.41) is 0.701. The van der Waals surface area contributed by atoms with E-state index in [0.717, 1.165) is 37.3 Å². The Bertz CT molecular complexity index is 508. The smallest absolute Gasteiger partial charge is 0.227 e. The first-order valence-electron chi connectivity index (χ1n) is 7.21. The molecular weight excluding hydrogens is 272 g/mol. The highest BCUT2D eigenvalue weighted by Gasteiger charge is 2.31. The van der Waals surface area contributed by atoms with E-state index < -0.39 is 0 Å². The molecule has 0 saturated carbocycles. The second-order valence-electron chi connectivity index (χ2n) is 6.64. The van der Waals surface area contributed by atoms with Crippen LogP contribution in [0.5, 0.6) is 0 Å². The van der Waals surface area contributed by atoms with Gasteiger partial charge in [-0.25, -0.2) is 0 Å². The molecule has 0 aromatic carbocycles. The number of piperidine rings is 1. The molecule has 2 heterocycles. The van der Waals surface area contributed by atoms with Crippen molar-refractivity contribution >= 4 is 17.5 Å². The maximum absolute atomic E-state index is 12.4. The second-order valence-corrected chi connectivity index (χ2v) is 7.05. The predicted molar refractivity (Wildman–Crippen MR) is 82.0 cm³/mol. The van der Waals surface area contributed by atoms with Gasteiger partial charge in [0.15, 0.2) is 0 Å². The molecule has 1 atom stereocenters. The lowest BCUT2D eigenvalue weighted by Gasteiger charge is -2.36. The normalized spacial score (nSPS) is 20.1. The van der Waals surface area contributed by atoms with Crippen molar-refractivity contribution in [2.24, 2.45) is 5.41 Å². The Morgan fingerprint density at radius 2 is 2.10 bits per heavy atom. The van der Waals surface area contributed by atoms with Crippen LogP contribution in [0.25, 0.3) is 0 Å². The first-order valence-corrected chi connectivity index (χ1v) is 7.59. The number of carbonyl (C=O) groups excluding carboxylic acids is 1. The SMILES string of the molecule is Cc1nc(C2CCCN(C(=O)C(C)(C)C)C2)ccc1Cl. The molecule has 0 N–H and O–H groups in total. The van der Waals surface area contributed by atoms with Gasteiger partial charge in [-0.2, -0.15) is 0 Å². The monoisotopic (exact) mass is 294 g/mol. The molecule has 1 unspecified atom stereocenters. The van der Waals surface area contributed by atoms with Crippen molar-refractivity contribution in [2.45, 2.75) is 46.5 Å². The summed E-state index contributed by atoms with van der Waals surface area (Å²) in [4.78, 5) is 19.0. The van der Waals surface area contributed by atoms with Gasteiger partial charge in [-0.05, 0) is 31.9 Å². The van der Waals surface area contributed by atoms with Crippen molar-refractivity contribution in [3.63, 3.8) is 0 Å². The Morgan fingerprint density at radius 3 is 2.70 bits per heavy atom. The first-order chi connectivity index (χ1) is 9.29. The maximum Gasteiger partial charge on any atom is 0.227 e. The molecule has 110 valence electrons. The third-order valence-corrected chi connectivity index (χ3v) is 4.21. The summed E-state index contributed by atoms with van der Waals surface area (Å²) in [6.07, 6.45) is 2.12. The fraction of sp³-hybridized carbons (Fsp3) is 0.625. The highest BCUT2D eigenvalue weighted by atomic mass is 35.5. The minimum atomic E-state index is -0.314. The zero-order valence-corrected chi connectivity index (χ0v) is 13.5. The lowest BCUT2D eigenvalue weighted by atomic mass is 9.89. The molecule has 0 aliphatic carbocycles. The summed E-state index contributed by atoms with van der Waals surface area (Å²) in [5.41, 5.74) is 1.60. The summed E-state index contributed by atoms with van der Waals surface area (Å²) < 4.78 is 0. The number of carbonyl (C=O) groups is 1. The van der Waals surface area contributed by atoms with Crippen molar-refractivity contribution in [2.75, 3.05) is 13.1 Å². The van der Waals surface area contributed by atoms with Crippen LogP contribution < -0.4 is 0 Å². The summed E-state index contributed by atoms with van der Waals surface area (Å²) in [7, 11) is 0. The molecule has 3 nitrogen and oxygen atoms in total. The first kappa shape index (κ1) is 15.3. The molecule has 4 heteroatoms. The number of nitrogens with zero attached hydrogens (tertiary/aromatic N) is 2. The van der Waals surface area contributed by atoms with Crippen molar-refractivity contribution in [3.8, 4) is 0 Å². The fourth-order valence-electron chi connectivity index (χ4n) is 2.67. The average Bonchev–Trinajstić information content (AvgIpc) is 2.40. The van der Waals surface area contributed by atoms with Crippen LogP contribution >= 0.6 is 11.6 Å². The number of hydrogen-bond donors (Lipinski definition) is 0. The zero-order valence-electron chi connectivity index (χ0n) is 12.7. The number of rotatable bonds is 1. The molecular formula is C16H23ClN2O. The number of amides is 1. The van der Waals surface area contributed by atoms with Crippen molar-refractivity contribution in [1.82, 2.24) is 9.88 Å². The van der Waals surface area contributed by atoms with E-state index in [-0.39, 0.29) is 11.3 Å². The summed E-state index contributed by atoms with van der Waals surface area (Å²) in [6.45, 7) is 9.48. The molecule has 0 spiro atoms. The lowest BCUT2D eigenvalue weighted by Crippen LogP contribution is -2.44. The number of hydrogen-bond acceptors (Lipinski definition) is 2. The summed E-state index contributed by atoms with van der Waals surface area (Å²) in [5.74, 6) is 0.555. The molecule has 1 amide bonds. The number of pyridine rings is 1. The van der Waals surface area contributed by atoms with E-state index in [2.05, 4.69) is 4.98 Å². The van der Waals surface area contributed by atoms with E-state index in [1.165, 1.54) is 0 Å². The topological polar surface area (TPSA) is 33.2 Å². The molecule has 1 saturated heterocycles. The van der Waals surface area contributed by atoms with Crippen LogP contribution in [0.3, 0.4) is 0 Å². The van der Waals surface area contributed by atoms with Crippen LogP contribution in [0.4, 0.5) is 0 Å². The van der Waals surface area contributed by atoms with Gasteiger partial charge in [0, 0.05) is 30.1 Å². The Labute approximate surface area is 126 Å². The van der Waals surface area contributed by atoms with E-state index in [4.69, 9.17) is 11.6 Å². The standard InChI is InChI=1S/C16H23ClN2O/c1-11-13(17)7-8-14(18-11)12-6-5-9-19(10-12)15(20)16(2,3)4/h7-8,12H,5-6,9-10H2,1-4H3. The van der Waals surface area contributed by atoms with Gasteiger partial charge >= 0.3 is 0 Å². The molecule has 0 radical (unpaired) electrons. The molecule has 1 fully saturated rings. The Hall–Kier alpha value is -1.09. The van der Waals surface area contributed by atoms with Crippen LogP contribution in [-0.2, 0) is 4.79 Å². The van der Waals surface area contributed by atoms with Gasteiger partial charge in [0.25, 0.3) is 0 Å². The van der Waals surface area contributed by atoms with Gasteiger partial charge in [-0.15, -0.1) is 0 Å². The van der Waals surface area contributed by atoms with E-state index >= 15 is 0 Å². The average molecular weight is 295 g/mol. The minimum absolute atomic E-state index is 0.230. The number of aryl methyl sites for hydroxylation is 1. The highest BCUT2D eigenvalue weighted by molar-refractivity contribution is 6.31. The molecule has 20 heavy (non-hydrogen) atoms. The van der Waals surface area contributed by atoms with Crippen LogP contribution in [0.1, 0.15) is 50.9 Å². The molecule has 1 aliphatic rings. The van der Waals surface area contributed by atoms with Gasteiger partial charge in [0.2, 0.25) is 5.91 Å². The Kier molecular flexibility index (Phi) is 4.38. The number of likely N-dealkylation sites (tertiary alicyclic amines) is 1. The molecule has 1 aromatic heterocycles. The van der Waals surface area contributed by atoms with Crippen molar-refractivity contribution < 1.29 is 4.79 Å². The molecule has 1 aliphatic heterocycles. The van der Waals surface area contributed by atoms with Crippen LogP contribution in [0.15, 0.2) is 12.1 Å². The van der Waals surface area contributed by atoms with Gasteiger partial charge < -0.3 is 4.90 Å². The largest absolute Gasteiger partial charge is 0.342 e.